The van der Waals surface area contributed by atoms with E-state index in [1.165, 1.54) is 0 Å². The van der Waals surface area contributed by atoms with Gasteiger partial charge in [0.15, 0.2) is 5.78 Å². The summed E-state index contributed by atoms with van der Waals surface area (Å²) in [6, 6.07) is -0.370. The van der Waals surface area contributed by atoms with Gasteiger partial charge < -0.3 is 15.8 Å². The van der Waals surface area contributed by atoms with Crippen molar-refractivity contribution in [2.75, 3.05) is 26.8 Å². The molecule has 0 rings (SSSR count). The highest BCUT2D eigenvalue weighted by Crippen LogP contribution is 1.76. The zero-order chi connectivity index (χ0) is 8.69. The maximum Gasteiger partial charge on any atom is 0.162 e. The minimum Gasteiger partial charge on any atom is -0.383 e. The Balaban J connectivity index is 3.18. The smallest absolute Gasteiger partial charge is 0.162 e. The third-order valence-electron chi connectivity index (χ3n) is 1.29. The fourth-order valence-electron chi connectivity index (χ4n) is 0.547. The SMILES string of the molecule is COCCNCC(=O)C(C)N. The molecule has 1 unspecified atom stereocenters. The summed E-state index contributed by atoms with van der Waals surface area (Å²) in [7, 11) is 1.62. The first-order valence-corrected chi connectivity index (χ1v) is 3.66. The van der Waals surface area contributed by atoms with E-state index in [1.54, 1.807) is 14.0 Å². The second-order valence-corrected chi connectivity index (χ2v) is 2.42. The van der Waals surface area contributed by atoms with Crippen LogP contribution in [0.3, 0.4) is 0 Å². The van der Waals surface area contributed by atoms with Gasteiger partial charge >= 0.3 is 0 Å². The third-order valence-corrected chi connectivity index (χ3v) is 1.29. The van der Waals surface area contributed by atoms with Gasteiger partial charge in [-0.05, 0) is 6.92 Å². The van der Waals surface area contributed by atoms with Crippen LogP contribution in [0.1, 0.15) is 6.92 Å². The van der Waals surface area contributed by atoms with Gasteiger partial charge in [-0.3, -0.25) is 4.79 Å². The van der Waals surface area contributed by atoms with Crippen LogP contribution in [0, 0.1) is 0 Å². The fraction of sp³-hybridized carbons (Fsp3) is 0.857. The third kappa shape index (κ3) is 5.97. The Labute approximate surface area is 67.1 Å². The van der Waals surface area contributed by atoms with Crippen LogP contribution in [0.25, 0.3) is 0 Å². The molecule has 0 amide bonds. The molecule has 0 bridgehead atoms. The van der Waals surface area contributed by atoms with Gasteiger partial charge in [0.05, 0.1) is 19.2 Å². The van der Waals surface area contributed by atoms with E-state index in [0.29, 0.717) is 19.7 Å². The molecule has 0 aromatic rings. The van der Waals surface area contributed by atoms with Crippen molar-refractivity contribution >= 4 is 5.78 Å². The van der Waals surface area contributed by atoms with Crippen LogP contribution >= 0.6 is 0 Å². The number of Topliss-reactive ketones (excluding diaryl/α,β-unsaturated/α-hetero) is 1. The highest BCUT2D eigenvalue weighted by Gasteiger charge is 2.05. The summed E-state index contributed by atoms with van der Waals surface area (Å²) >= 11 is 0. The quantitative estimate of drug-likeness (QED) is 0.496. The highest BCUT2D eigenvalue weighted by molar-refractivity contribution is 5.85. The second-order valence-electron chi connectivity index (χ2n) is 2.42. The zero-order valence-corrected chi connectivity index (χ0v) is 7.09. The number of nitrogens with two attached hydrogens (primary N) is 1. The van der Waals surface area contributed by atoms with Crippen LogP contribution in [0.4, 0.5) is 0 Å². The van der Waals surface area contributed by atoms with Crippen molar-refractivity contribution in [3.8, 4) is 0 Å². The van der Waals surface area contributed by atoms with E-state index in [1.807, 2.05) is 0 Å². The Morgan fingerprint density at radius 3 is 2.82 bits per heavy atom. The molecule has 0 fully saturated rings. The van der Waals surface area contributed by atoms with Crippen molar-refractivity contribution in [2.45, 2.75) is 13.0 Å². The zero-order valence-electron chi connectivity index (χ0n) is 7.09. The minimum atomic E-state index is -0.370. The maximum absolute atomic E-state index is 10.9. The van der Waals surface area contributed by atoms with E-state index in [9.17, 15) is 4.79 Å². The first kappa shape index (κ1) is 10.6. The Morgan fingerprint density at radius 1 is 1.73 bits per heavy atom. The van der Waals surface area contributed by atoms with Crippen LogP contribution in [0.15, 0.2) is 0 Å². The van der Waals surface area contributed by atoms with Gasteiger partial charge in [-0.1, -0.05) is 0 Å². The summed E-state index contributed by atoms with van der Waals surface area (Å²) in [5, 5.41) is 2.91. The summed E-state index contributed by atoms with van der Waals surface area (Å²) < 4.78 is 4.78. The number of ketones is 1. The van der Waals surface area contributed by atoms with Crippen LogP contribution in [-0.4, -0.2) is 38.6 Å². The molecule has 0 aliphatic heterocycles. The molecule has 0 aromatic carbocycles. The molecule has 0 radical (unpaired) electrons. The van der Waals surface area contributed by atoms with E-state index in [0.717, 1.165) is 0 Å². The molecule has 11 heavy (non-hydrogen) atoms. The second kappa shape index (κ2) is 6.27. The number of ether oxygens (including phenoxy) is 1. The molecule has 0 saturated heterocycles. The number of hydrogen-bond acceptors (Lipinski definition) is 4. The van der Waals surface area contributed by atoms with Crippen molar-refractivity contribution in [2.24, 2.45) is 5.73 Å². The lowest BCUT2D eigenvalue weighted by Crippen LogP contribution is -2.36. The molecular weight excluding hydrogens is 144 g/mol. The van der Waals surface area contributed by atoms with Gasteiger partial charge in [-0.15, -0.1) is 0 Å². The monoisotopic (exact) mass is 160 g/mol. The minimum absolute atomic E-state index is 0.0288. The van der Waals surface area contributed by atoms with Crippen molar-refractivity contribution in [1.82, 2.24) is 5.32 Å². The molecule has 66 valence electrons. The summed E-state index contributed by atoms with van der Waals surface area (Å²) in [5.41, 5.74) is 5.33. The molecule has 0 aliphatic carbocycles. The maximum atomic E-state index is 10.9. The standard InChI is InChI=1S/C7H16N2O2/c1-6(8)7(10)5-9-3-4-11-2/h6,9H,3-5,8H2,1-2H3. The average molecular weight is 160 g/mol. The molecule has 4 heteroatoms. The summed E-state index contributed by atoms with van der Waals surface area (Å²) in [6.45, 7) is 3.32. The topological polar surface area (TPSA) is 64.3 Å². The predicted molar refractivity (Wildman–Crippen MR) is 43.4 cm³/mol. The summed E-state index contributed by atoms with van der Waals surface area (Å²) in [6.07, 6.45) is 0. The summed E-state index contributed by atoms with van der Waals surface area (Å²) in [5.74, 6) is 0.0288. The van der Waals surface area contributed by atoms with Crippen molar-refractivity contribution in [3.63, 3.8) is 0 Å². The lowest BCUT2D eigenvalue weighted by atomic mass is 10.2. The number of carbonyl (C=O) groups is 1. The van der Waals surface area contributed by atoms with E-state index < -0.39 is 0 Å². The molecular formula is C7H16N2O2. The van der Waals surface area contributed by atoms with Gasteiger partial charge in [-0.2, -0.15) is 0 Å². The predicted octanol–water partition coefficient (Wildman–Crippen LogP) is -0.861. The van der Waals surface area contributed by atoms with Crippen molar-refractivity contribution in [1.29, 1.82) is 0 Å². The van der Waals surface area contributed by atoms with Gasteiger partial charge in [0.1, 0.15) is 0 Å². The lowest BCUT2D eigenvalue weighted by molar-refractivity contribution is -0.119. The Morgan fingerprint density at radius 2 is 2.36 bits per heavy atom. The molecule has 0 aromatic heterocycles. The largest absolute Gasteiger partial charge is 0.383 e. The van der Waals surface area contributed by atoms with Gasteiger partial charge in [-0.25, -0.2) is 0 Å². The van der Waals surface area contributed by atoms with Gasteiger partial charge in [0.2, 0.25) is 0 Å². The van der Waals surface area contributed by atoms with E-state index in [4.69, 9.17) is 10.5 Å². The molecule has 4 nitrogen and oxygen atoms in total. The lowest BCUT2D eigenvalue weighted by Gasteiger charge is -2.05. The molecule has 0 saturated carbocycles. The molecule has 0 spiro atoms. The van der Waals surface area contributed by atoms with Crippen LogP contribution < -0.4 is 11.1 Å². The van der Waals surface area contributed by atoms with Crippen LogP contribution in [-0.2, 0) is 9.53 Å². The van der Waals surface area contributed by atoms with E-state index in [-0.39, 0.29) is 11.8 Å². The van der Waals surface area contributed by atoms with Gasteiger partial charge in [0, 0.05) is 13.7 Å². The molecule has 1 atom stereocenters. The Bertz CT molecular complexity index is 115. The first-order valence-electron chi connectivity index (χ1n) is 3.66. The van der Waals surface area contributed by atoms with Crippen molar-refractivity contribution < 1.29 is 9.53 Å². The average Bonchev–Trinajstić information content (AvgIpc) is 1.97. The Hall–Kier alpha value is -0.450. The molecule has 3 N–H and O–H groups in total. The number of methoxy groups -OCH3 is 1. The fourth-order valence-corrected chi connectivity index (χ4v) is 0.547. The molecule has 0 aliphatic rings. The highest BCUT2D eigenvalue weighted by atomic mass is 16.5. The van der Waals surface area contributed by atoms with E-state index >= 15 is 0 Å². The van der Waals surface area contributed by atoms with E-state index in [2.05, 4.69) is 5.32 Å². The Kier molecular flexibility index (Phi) is 6.02. The van der Waals surface area contributed by atoms with Crippen LogP contribution in [0.5, 0.6) is 0 Å². The normalized spacial score (nSPS) is 13.0. The number of nitrogens with one attached hydrogen (secondary N) is 1. The first-order chi connectivity index (χ1) is 5.18. The molecule has 0 heterocycles. The number of rotatable bonds is 6. The van der Waals surface area contributed by atoms with Gasteiger partial charge in [0.25, 0.3) is 0 Å². The van der Waals surface area contributed by atoms with Crippen molar-refractivity contribution in [3.05, 3.63) is 0 Å². The number of hydrogen-bond donors (Lipinski definition) is 2. The summed E-state index contributed by atoms with van der Waals surface area (Å²) in [4.78, 5) is 10.9. The van der Waals surface area contributed by atoms with Crippen LogP contribution in [0.2, 0.25) is 0 Å². The number of carbonyl (C=O) groups excluding carboxylic acids is 1.